The van der Waals surface area contributed by atoms with Crippen molar-refractivity contribution in [2.45, 2.75) is 26.1 Å². The number of hydrogen-bond acceptors (Lipinski definition) is 3. The lowest BCUT2D eigenvalue weighted by molar-refractivity contribution is 0.603. The Hall–Kier alpha value is -2.72. The van der Waals surface area contributed by atoms with Crippen molar-refractivity contribution in [3.8, 4) is 0 Å². The van der Waals surface area contributed by atoms with Crippen LogP contribution in [0.4, 0.5) is 0 Å². The molecule has 0 amide bonds. The molecule has 120 valence electrons. The van der Waals surface area contributed by atoms with E-state index < -0.39 is 0 Å². The number of hydrogen-bond donors (Lipinski definition) is 1. The number of nitrogens with one attached hydrogen (secondary N) is 1. The van der Waals surface area contributed by atoms with Gasteiger partial charge in [0.15, 0.2) is 0 Å². The van der Waals surface area contributed by atoms with Gasteiger partial charge in [-0.2, -0.15) is 0 Å². The average molecular weight is 317 g/mol. The molecule has 3 aromatic rings. The fraction of sp³-hybridized carbons (Fsp3) is 0.200. The van der Waals surface area contributed by atoms with Crippen molar-refractivity contribution in [1.82, 2.24) is 14.9 Å². The number of fused-ring (bicyclic) bond motifs is 1. The van der Waals surface area contributed by atoms with Gasteiger partial charge < -0.3 is 5.32 Å². The van der Waals surface area contributed by atoms with E-state index in [0.717, 1.165) is 28.2 Å². The molecule has 2 aromatic carbocycles. The normalized spacial score (nSPS) is 13.2. The van der Waals surface area contributed by atoms with E-state index in [0.29, 0.717) is 13.1 Å². The summed E-state index contributed by atoms with van der Waals surface area (Å²) in [6.07, 6.45) is 0. The number of benzene rings is 2. The number of aromatic nitrogens is 2. The second-order valence-corrected chi connectivity index (χ2v) is 6.09. The Bertz CT molecular complexity index is 877. The molecule has 0 aliphatic carbocycles. The maximum Gasteiger partial charge on any atom is 0.259 e. The van der Waals surface area contributed by atoms with Crippen LogP contribution in [0.5, 0.6) is 0 Å². The first-order valence-electron chi connectivity index (χ1n) is 8.17. The molecular formula is C20H19N3O. The van der Waals surface area contributed by atoms with Crippen LogP contribution in [-0.4, -0.2) is 9.55 Å². The van der Waals surface area contributed by atoms with Crippen LogP contribution < -0.4 is 10.9 Å². The van der Waals surface area contributed by atoms with Gasteiger partial charge in [0.2, 0.25) is 0 Å². The maximum absolute atomic E-state index is 13.2. The zero-order chi connectivity index (χ0) is 16.5. The van der Waals surface area contributed by atoms with Crippen molar-refractivity contribution < 1.29 is 0 Å². The van der Waals surface area contributed by atoms with Crippen LogP contribution in [0.15, 0.2) is 65.5 Å². The zero-order valence-electron chi connectivity index (χ0n) is 13.6. The summed E-state index contributed by atoms with van der Waals surface area (Å²) in [4.78, 5) is 17.8. The van der Waals surface area contributed by atoms with Gasteiger partial charge in [0, 0.05) is 13.1 Å². The third-order valence-corrected chi connectivity index (χ3v) is 4.55. The summed E-state index contributed by atoms with van der Waals surface area (Å²) in [5, 5.41) is 3.23. The van der Waals surface area contributed by atoms with Gasteiger partial charge in [-0.15, -0.1) is 0 Å². The smallest absolute Gasteiger partial charge is 0.259 e. The van der Waals surface area contributed by atoms with E-state index in [4.69, 9.17) is 0 Å². The topological polar surface area (TPSA) is 46.9 Å². The quantitative estimate of drug-likeness (QED) is 0.808. The first-order chi connectivity index (χ1) is 11.8. The van der Waals surface area contributed by atoms with E-state index in [2.05, 4.69) is 34.6 Å². The van der Waals surface area contributed by atoms with Crippen LogP contribution in [-0.2, 0) is 13.1 Å². The fourth-order valence-electron chi connectivity index (χ4n) is 3.43. The van der Waals surface area contributed by atoms with Crippen LogP contribution in [0.3, 0.4) is 0 Å². The molecule has 1 aliphatic heterocycles. The van der Waals surface area contributed by atoms with Crippen molar-refractivity contribution in [1.29, 1.82) is 0 Å². The van der Waals surface area contributed by atoms with Gasteiger partial charge in [0.25, 0.3) is 5.56 Å². The molecule has 0 saturated heterocycles. The molecular weight excluding hydrogens is 298 g/mol. The van der Waals surface area contributed by atoms with E-state index in [1.807, 2.05) is 47.9 Å². The Labute approximate surface area is 140 Å². The zero-order valence-corrected chi connectivity index (χ0v) is 13.6. The van der Waals surface area contributed by atoms with Crippen molar-refractivity contribution in [3.63, 3.8) is 0 Å². The minimum Gasteiger partial charge on any atom is -0.307 e. The SMILES string of the molecule is Cc1nc2c(c(=O)n1C(c1ccccc1)c1ccccc1)CNC2. The summed E-state index contributed by atoms with van der Waals surface area (Å²) in [5.74, 6) is 0.750. The summed E-state index contributed by atoms with van der Waals surface area (Å²) in [7, 11) is 0. The van der Waals surface area contributed by atoms with Crippen molar-refractivity contribution in [2.75, 3.05) is 0 Å². The third kappa shape index (κ3) is 2.45. The molecule has 0 spiro atoms. The van der Waals surface area contributed by atoms with Gasteiger partial charge in [-0.25, -0.2) is 4.98 Å². The number of rotatable bonds is 3. The Morgan fingerprint density at radius 1 is 0.958 bits per heavy atom. The van der Waals surface area contributed by atoms with Crippen molar-refractivity contribution in [3.05, 3.63) is 99.2 Å². The minimum absolute atomic E-state index is 0.0557. The lowest BCUT2D eigenvalue weighted by atomic mass is 9.98. The molecule has 4 nitrogen and oxygen atoms in total. The Morgan fingerprint density at radius 2 is 1.54 bits per heavy atom. The molecule has 1 aromatic heterocycles. The molecule has 0 atom stereocenters. The number of nitrogens with zero attached hydrogens (tertiary/aromatic N) is 2. The fourth-order valence-corrected chi connectivity index (χ4v) is 3.43. The number of aryl methyl sites for hydroxylation is 1. The Morgan fingerprint density at radius 3 is 2.12 bits per heavy atom. The molecule has 0 radical (unpaired) electrons. The summed E-state index contributed by atoms with van der Waals surface area (Å²) in [5.41, 5.74) is 3.90. The van der Waals surface area contributed by atoms with Gasteiger partial charge in [-0.05, 0) is 18.1 Å². The monoisotopic (exact) mass is 317 g/mol. The third-order valence-electron chi connectivity index (χ3n) is 4.55. The lowest BCUT2D eigenvalue weighted by Gasteiger charge is -2.23. The standard InChI is InChI=1S/C20H19N3O/c1-14-22-18-13-21-12-17(18)20(24)23(14)19(15-8-4-2-5-9-15)16-10-6-3-7-11-16/h2-11,19,21H,12-13H2,1H3. The molecule has 0 saturated carbocycles. The van der Waals surface area contributed by atoms with Crippen LogP contribution in [0.1, 0.15) is 34.3 Å². The highest BCUT2D eigenvalue weighted by atomic mass is 16.1. The molecule has 1 aliphatic rings. The Kier molecular flexibility index (Phi) is 3.75. The van der Waals surface area contributed by atoms with E-state index in [9.17, 15) is 4.79 Å². The largest absolute Gasteiger partial charge is 0.307 e. The summed E-state index contributed by atoms with van der Waals surface area (Å²) < 4.78 is 1.83. The lowest BCUT2D eigenvalue weighted by Crippen LogP contribution is -2.32. The second-order valence-electron chi connectivity index (χ2n) is 6.09. The summed E-state index contributed by atoms with van der Waals surface area (Å²) >= 11 is 0. The predicted molar refractivity (Wildman–Crippen MR) is 93.9 cm³/mol. The first-order valence-corrected chi connectivity index (χ1v) is 8.17. The van der Waals surface area contributed by atoms with E-state index in [1.54, 1.807) is 0 Å². The van der Waals surface area contributed by atoms with Crippen molar-refractivity contribution >= 4 is 0 Å². The molecule has 24 heavy (non-hydrogen) atoms. The van der Waals surface area contributed by atoms with Gasteiger partial charge in [0.1, 0.15) is 5.82 Å². The molecule has 4 rings (SSSR count). The van der Waals surface area contributed by atoms with Gasteiger partial charge >= 0.3 is 0 Å². The second kappa shape index (κ2) is 6.06. The van der Waals surface area contributed by atoms with Crippen LogP contribution >= 0.6 is 0 Å². The molecule has 1 N–H and O–H groups in total. The molecule has 2 heterocycles. The highest BCUT2D eigenvalue weighted by Crippen LogP contribution is 2.27. The van der Waals surface area contributed by atoms with Gasteiger partial charge in [-0.3, -0.25) is 9.36 Å². The summed E-state index contributed by atoms with van der Waals surface area (Å²) in [6, 6.07) is 20.1. The molecule has 0 unspecified atom stereocenters. The highest BCUT2D eigenvalue weighted by Gasteiger charge is 2.25. The van der Waals surface area contributed by atoms with Crippen LogP contribution in [0.2, 0.25) is 0 Å². The first kappa shape index (κ1) is 14.8. The van der Waals surface area contributed by atoms with Crippen LogP contribution in [0, 0.1) is 6.92 Å². The van der Waals surface area contributed by atoms with E-state index in [1.165, 1.54) is 0 Å². The molecule has 4 heteroatoms. The van der Waals surface area contributed by atoms with Gasteiger partial charge in [-0.1, -0.05) is 60.7 Å². The molecule has 0 bridgehead atoms. The Balaban J connectivity index is 1.98. The van der Waals surface area contributed by atoms with E-state index >= 15 is 0 Å². The van der Waals surface area contributed by atoms with E-state index in [-0.39, 0.29) is 11.6 Å². The highest BCUT2D eigenvalue weighted by molar-refractivity contribution is 5.34. The average Bonchev–Trinajstić information content (AvgIpc) is 3.08. The summed E-state index contributed by atoms with van der Waals surface area (Å²) in [6.45, 7) is 3.18. The molecule has 0 fully saturated rings. The van der Waals surface area contributed by atoms with Gasteiger partial charge in [0.05, 0.1) is 17.3 Å². The minimum atomic E-state index is -0.168. The predicted octanol–water partition coefficient (Wildman–Crippen LogP) is 2.79. The van der Waals surface area contributed by atoms with Crippen molar-refractivity contribution in [2.24, 2.45) is 0 Å². The maximum atomic E-state index is 13.2. The van der Waals surface area contributed by atoms with Crippen LogP contribution in [0.25, 0.3) is 0 Å².